The van der Waals surface area contributed by atoms with E-state index in [9.17, 15) is 18.0 Å². The zero-order valence-corrected chi connectivity index (χ0v) is 16.1. The number of rotatable bonds is 5. The molecule has 0 unspecified atom stereocenters. The van der Waals surface area contributed by atoms with Crippen molar-refractivity contribution in [3.63, 3.8) is 0 Å². The molecule has 7 nitrogen and oxygen atoms in total. The number of alkyl halides is 3. The van der Waals surface area contributed by atoms with Crippen molar-refractivity contribution in [3.05, 3.63) is 64.8 Å². The van der Waals surface area contributed by atoms with E-state index in [1.165, 1.54) is 18.3 Å². The predicted octanol–water partition coefficient (Wildman–Crippen LogP) is 4.34. The first-order valence-corrected chi connectivity index (χ1v) is 8.81. The lowest BCUT2D eigenvalue weighted by Gasteiger charge is -2.08. The molecule has 0 fully saturated rings. The summed E-state index contributed by atoms with van der Waals surface area (Å²) in [7, 11) is 0. The highest BCUT2D eigenvalue weighted by Gasteiger charge is 2.29. The Morgan fingerprint density at radius 3 is 2.53 bits per heavy atom. The fourth-order valence-electron chi connectivity index (χ4n) is 2.47. The zero-order chi connectivity index (χ0) is 21.9. The Kier molecular flexibility index (Phi) is 6.18. The van der Waals surface area contributed by atoms with Crippen molar-refractivity contribution < 1.29 is 27.5 Å². The third-order valence-electron chi connectivity index (χ3n) is 3.89. The molecule has 0 aliphatic carbocycles. The van der Waals surface area contributed by atoms with Gasteiger partial charge in [0.2, 0.25) is 17.7 Å². The maximum Gasteiger partial charge on any atom is 0.416 e. The van der Waals surface area contributed by atoms with Gasteiger partial charge in [0.25, 0.3) is 0 Å². The Hall–Kier alpha value is -3.24. The molecule has 0 atom stereocenters. The number of allylic oxidation sites excluding steroid dienone is 1. The molecule has 3 rings (SSSR count). The average molecular weight is 439 g/mol. The van der Waals surface area contributed by atoms with Gasteiger partial charge in [-0.05, 0) is 42.8 Å². The third-order valence-corrected chi connectivity index (χ3v) is 4.18. The summed E-state index contributed by atoms with van der Waals surface area (Å²) in [6.45, 7) is 1.21. The molecule has 2 N–H and O–H groups in total. The first kappa shape index (κ1) is 21.5. The van der Waals surface area contributed by atoms with Gasteiger partial charge in [0.05, 0.1) is 21.8 Å². The van der Waals surface area contributed by atoms with E-state index in [-0.39, 0.29) is 22.5 Å². The van der Waals surface area contributed by atoms with E-state index < -0.39 is 24.3 Å². The highest BCUT2D eigenvalue weighted by atomic mass is 35.5. The topological polar surface area (TPSA) is 101 Å². The van der Waals surface area contributed by atoms with Crippen molar-refractivity contribution in [2.45, 2.75) is 19.7 Å². The Morgan fingerprint density at radius 2 is 1.97 bits per heavy atom. The quantitative estimate of drug-likeness (QED) is 0.575. The van der Waals surface area contributed by atoms with E-state index in [0.29, 0.717) is 16.8 Å². The van der Waals surface area contributed by atoms with Crippen LogP contribution in [0.4, 0.5) is 18.9 Å². The summed E-state index contributed by atoms with van der Waals surface area (Å²) in [4.78, 5) is 16.4. The average Bonchev–Trinajstić information content (AvgIpc) is 3.16. The molecule has 0 aliphatic rings. The molecule has 2 heterocycles. The van der Waals surface area contributed by atoms with Crippen LogP contribution in [0.5, 0.6) is 0 Å². The van der Waals surface area contributed by atoms with Crippen LogP contribution < -0.4 is 5.32 Å². The number of benzene rings is 1. The normalized spacial score (nSPS) is 12.1. The largest absolute Gasteiger partial charge is 0.418 e. The van der Waals surface area contributed by atoms with Crippen molar-refractivity contribution in [2.24, 2.45) is 0 Å². The lowest BCUT2D eigenvalue weighted by molar-refractivity contribution is -0.137. The summed E-state index contributed by atoms with van der Waals surface area (Å²) >= 11 is 6.24. The number of aromatic nitrogens is 3. The number of carbonyl (C=O) groups is 1. The molecule has 0 radical (unpaired) electrons. The Bertz CT molecular complexity index is 1100. The van der Waals surface area contributed by atoms with Crippen LogP contribution in [0.3, 0.4) is 0 Å². The van der Waals surface area contributed by atoms with Crippen LogP contribution in [0.25, 0.3) is 17.0 Å². The minimum atomic E-state index is -4.45. The molecule has 1 aromatic carbocycles. The molecule has 1 amide bonds. The van der Waals surface area contributed by atoms with E-state index in [1.807, 2.05) is 0 Å². The number of aliphatic hydroxyl groups excluding tert-OH is 1. The summed E-state index contributed by atoms with van der Waals surface area (Å²) in [5, 5.41) is 19.1. The smallest absolute Gasteiger partial charge is 0.416 e. The highest BCUT2D eigenvalue weighted by molar-refractivity contribution is 6.32. The van der Waals surface area contributed by atoms with Gasteiger partial charge in [-0.15, -0.1) is 10.2 Å². The van der Waals surface area contributed by atoms with Gasteiger partial charge in [0.1, 0.15) is 6.61 Å². The van der Waals surface area contributed by atoms with E-state index in [4.69, 9.17) is 21.1 Å². The maximum absolute atomic E-state index is 12.6. The highest BCUT2D eigenvalue weighted by Crippen LogP contribution is 2.30. The van der Waals surface area contributed by atoms with Crippen LogP contribution in [0.1, 0.15) is 24.1 Å². The summed E-state index contributed by atoms with van der Waals surface area (Å²) in [6.07, 6.45) is -1.81. The van der Waals surface area contributed by atoms with Crippen LogP contribution >= 0.6 is 11.6 Å². The van der Waals surface area contributed by atoms with Crippen LogP contribution in [0.15, 0.2) is 47.0 Å². The van der Waals surface area contributed by atoms with Crippen molar-refractivity contribution in [1.82, 2.24) is 15.2 Å². The van der Waals surface area contributed by atoms with Crippen LogP contribution in [0.2, 0.25) is 5.02 Å². The summed E-state index contributed by atoms with van der Waals surface area (Å²) in [5.74, 6) is -0.387. The lowest BCUT2D eigenvalue weighted by Crippen LogP contribution is -2.10. The van der Waals surface area contributed by atoms with E-state index >= 15 is 0 Å². The molecule has 0 aliphatic heterocycles. The minimum Gasteiger partial charge on any atom is -0.418 e. The number of pyridine rings is 1. The van der Waals surface area contributed by atoms with Gasteiger partial charge >= 0.3 is 6.18 Å². The SMILES string of the molecule is C/C(=C/C(=O)Nc1ccc(C(F)(F)F)cc1)c1ncc(-c2nnc(CO)o2)cc1Cl. The van der Waals surface area contributed by atoms with Gasteiger partial charge in [0.15, 0.2) is 0 Å². The summed E-state index contributed by atoms with van der Waals surface area (Å²) in [5.41, 5.74) is 0.582. The summed E-state index contributed by atoms with van der Waals surface area (Å²) in [6, 6.07) is 5.60. The first-order chi connectivity index (χ1) is 14.2. The molecule has 0 spiro atoms. The Balaban J connectivity index is 1.73. The van der Waals surface area contributed by atoms with Gasteiger partial charge in [-0.2, -0.15) is 13.2 Å². The number of hydrogen-bond donors (Lipinski definition) is 2. The number of aliphatic hydroxyl groups is 1. The van der Waals surface area contributed by atoms with Crippen molar-refractivity contribution in [1.29, 1.82) is 0 Å². The molecule has 0 bridgehead atoms. The van der Waals surface area contributed by atoms with Crippen LogP contribution in [-0.2, 0) is 17.6 Å². The van der Waals surface area contributed by atoms with E-state index in [1.54, 1.807) is 6.92 Å². The number of nitrogens with zero attached hydrogens (tertiary/aromatic N) is 3. The number of halogens is 4. The van der Waals surface area contributed by atoms with Gasteiger partial charge < -0.3 is 14.8 Å². The minimum absolute atomic E-state index is 0.0428. The Morgan fingerprint density at radius 1 is 1.27 bits per heavy atom. The number of hydrogen-bond acceptors (Lipinski definition) is 6. The zero-order valence-electron chi connectivity index (χ0n) is 15.4. The van der Waals surface area contributed by atoms with Gasteiger partial charge in [-0.3, -0.25) is 9.78 Å². The van der Waals surface area contributed by atoms with E-state index in [2.05, 4.69) is 20.5 Å². The first-order valence-electron chi connectivity index (χ1n) is 8.43. The van der Waals surface area contributed by atoms with E-state index in [0.717, 1.165) is 24.3 Å². The second-order valence-electron chi connectivity index (χ2n) is 6.11. The molecule has 2 aromatic heterocycles. The molecule has 156 valence electrons. The molecular weight excluding hydrogens is 425 g/mol. The number of amides is 1. The fourth-order valence-corrected chi connectivity index (χ4v) is 2.78. The second-order valence-corrected chi connectivity index (χ2v) is 6.51. The van der Waals surface area contributed by atoms with Crippen LogP contribution in [-0.4, -0.2) is 26.2 Å². The standard InChI is InChI=1S/C19H14ClF3N4O3/c1-10(6-15(29)25-13-4-2-12(3-5-13)19(21,22)23)17-14(20)7-11(8-24-17)18-27-26-16(9-28)30-18/h2-8,28H,9H2,1H3,(H,25,29)/b10-6-. The van der Waals surface area contributed by atoms with Crippen molar-refractivity contribution >= 4 is 28.8 Å². The Labute approximate surface area is 173 Å². The van der Waals surface area contributed by atoms with Gasteiger partial charge in [-0.25, -0.2) is 0 Å². The van der Waals surface area contributed by atoms with Gasteiger partial charge in [0, 0.05) is 18.0 Å². The molecule has 0 saturated heterocycles. The monoisotopic (exact) mass is 438 g/mol. The number of nitrogens with one attached hydrogen (secondary N) is 1. The van der Waals surface area contributed by atoms with Crippen LogP contribution in [0, 0.1) is 0 Å². The predicted molar refractivity (Wildman–Crippen MR) is 102 cm³/mol. The van der Waals surface area contributed by atoms with Crippen molar-refractivity contribution in [3.8, 4) is 11.5 Å². The van der Waals surface area contributed by atoms with Crippen molar-refractivity contribution in [2.75, 3.05) is 5.32 Å². The molecular formula is C19H14ClF3N4O3. The molecule has 0 saturated carbocycles. The second kappa shape index (κ2) is 8.64. The molecule has 3 aromatic rings. The molecule has 30 heavy (non-hydrogen) atoms. The van der Waals surface area contributed by atoms with Gasteiger partial charge in [-0.1, -0.05) is 11.6 Å². The number of carbonyl (C=O) groups excluding carboxylic acids is 1. The summed E-state index contributed by atoms with van der Waals surface area (Å²) < 4.78 is 43.0. The lowest BCUT2D eigenvalue weighted by atomic mass is 10.1. The fraction of sp³-hybridized carbons (Fsp3) is 0.158. The number of anilines is 1. The molecule has 11 heteroatoms. The third kappa shape index (κ3) is 5.02. The maximum atomic E-state index is 12.6.